The molecule has 2 fully saturated rings. The first kappa shape index (κ1) is 12.2. The normalized spacial score (nSPS) is 32.4. The molecule has 2 saturated carbocycles. The van der Waals surface area contributed by atoms with Crippen LogP contribution in [0.1, 0.15) is 62.0 Å². The van der Waals surface area contributed by atoms with Crippen LogP contribution in [-0.4, -0.2) is 13.1 Å². The average molecular weight is 243 g/mol. The van der Waals surface area contributed by atoms with Gasteiger partial charge >= 0.3 is 0 Å². The highest BCUT2D eigenvalue weighted by Crippen LogP contribution is 2.41. The summed E-state index contributed by atoms with van der Waals surface area (Å²) in [6.45, 7) is 2.40. The molecule has 1 N–H and O–H groups in total. The molecule has 0 aliphatic heterocycles. The van der Waals surface area contributed by atoms with Gasteiger partial charge in [0, 0.05) is 6.04 Å². The maximum Gasteiger partial charge on any atom is 0.00957 e. The second-order valence-electron chi connectivity index (χ2n) is 6.23. The van der Waals surface area contributed by atoms with Gasteiger partial charge in [0.05, 0.1) is 0 Å². The van der Waals surface area contributed by atoms with Crippen molar-refractivity contribution < 1.29 is 0 Å². The molecule has 1 nitrogen and oxygen atoms in total. The first-order valence-electron chi connectivity index (χ1n) is 7.56. The Morgan fingerprint density at radius 1 is 0.944 bits per heavy atom. The Balaban J connectivity index is 1.72. The van der Waals surface area contributed by atoms with Crippen LogP contribution in [0.3, 0.4) is 0 Å². The van der Waals surface area contributed by atoms with E-state index in [0.29, 0.717) is 6.04 Å². The highest BCUT2D eigenvalue weighted by Gasteiger charge is 2.32. The van der Waals surface area contributed by atoms with Crippen molar-refractivity contribution in [3.8, 4) is 0 Å². The lowest BCUT2D eigenvalue weighted by Gasteiger charge is -2.26. The molecule has 3 rings (SSSR count). The molecular weight excluding hydrogens is 218 g/mol. The summed E-state index contributed by atoms with van der Waals surface area (Å²) in [6, 6.07) is 10.3. The second-order valence-corrected chi connectivity index (χ2v) is 6.23. The van der Waals surface area contributed by atoms with E-state index in [0.717, 1.165) is 17.8 Å². The summed E-state index contributed by atoms with van der Waals surface area (Å²) in [5, 5.41) is 3.46. The van der Waals surface area contributed by atoms with E-state index in [1.807, 2.05) is 0 Å². The highest BCUT2D eigenvalue weighted by atomic mass is 14.9. The molecule has 0 radical (unpaired) electrons. The van der Waals surface area contributed by atoms with E-state index in [2.05, 4.69) is 43.6 Å². The van der Waals surface area contributed by atoms with Gasteiger partial charge in [-0.2, -0.15) is 0 Å². The van der Waals surface area contributed by atoms with Crippen molar-refractivity contribution in [3.63, 3.8) is 0 Å². The lowest BCUT2D eigenvalue weighted by molar-refractivity contribution is 0.418. The molecule has 2 aliphatic carbocycles. The van der Waals surface area contributed by atoms with Crippen LogP contribution in [-0.2, 0) is 0 Å². The third-order valence-corrected chi connectivity index (χ3v) is 5.37. The molecule has 0 heterocycles. The molecule has 3 atom stereocenters. The number of hydrogen-bond acceptors (Lipinski definition) is 1. The fourth-order valence-corrected chi connectivity index (χ4v) is 3.80. The lowest BCUT2D eigenvalue weighted by Crippen LogP contribution is -2.28. The largest absolute Gasteiger partial charge is 0.317 e. The topological polar surface area (TPSA) is 12.0 Å². The van der Waals surface area contributed by atoms with Gasteiger partial charge in [-0.3, -0.25) is 0 Å². The second kappa shape index (κ2) is 5.05. The van der Waals surface area contributed by atoms with Crippen molar-refractivity contribution in [1.29, 1.82) is 0 Å². The summed E-state index contributed by atoms with van der Waals surface area (Å²) in [5.41, 5.74) is 3.13. The maximum atomic E-state index is 3.46. The molecule has 98 valence electrons. The quantitative estimate of drug-likeness (QED) is 0.844. The molecule has 0 aromatic heterocycles. The van der Waals surface area contributed by atoms with E-state index in [4.69, 9.17) is 0 Å². The van der Waals surface area contributed by atoms with Crippen molar-refractivity contribution in [2.24, 2.45) is 5.92 Å². The van der Waals surface area contributed by atoms with Crippen molar-refractivity contribution in [3.05, 3.63) is 35.4 Å². The molecule has 1 aromatic rings. The third kappa shape index (κ3) is 2.09. The molecule has 0 saturated heterocycles. The summed E-state index contributed by atoms with van der Waals surface area (Å²) in [6.07, 6.45) is 6.90. The van der Waals surface area contributed by atoms with E-state index < -0.39 is 0 Å². The smallest absolute Gasteiger partial charge is 0.00957 e. The van der Waals surface area contributed by atoms with Crippen LogP contribution >= 0.6 is 0 Å². The summed E-state index contributed by atoms with van der Waals surface area (Å²) < 4.78 is 0. The Hall–Kier alpha value is -0.820. The molecule has 0 amide bonds. The van der Waals surface area contributed by atoms with Crippen molar-refractivity contribution in [2.75, 3.05) is 7.05 Å². The lowest BCUT2D eigenvalue weighted by atomic mass is 9.79. The minimum absolute atomic E-state index is 0.710. The minimum atomic E-state index is 0.710. The number of rotatable bonds is 3. The zero-order valence-electron chi connectivity index (χ0n) is 11.7. The van der Waals surface area contributed by atoms with Crippen molar-refractivity contribution >= 4 is 0 Å². The van der Waals surface area contributed by atoms with Crippen molar-refractivity contribution in [2.45, 2.75) is 56.9 Å². The number of benzene rings is 1. The van der Waals surface area contributed by atoms with Crippen LogP contribution in [0.25, 0.3) is 0 Å². The fourth-order valence-electron chi connectivity index (χ4n) is 3.80. The maximum absolute atomic E-state index is 3.46. The Bertz CT molecular complexity index is 391. The molecule has 0 bridgehead atoms. The van der Waals surface area contributed by atoms with Crippen LogP contribution in [0.5, 0.6) is 0 Å². The molecule has 18 heavy (non-hydrogen) atoms. The van der Waals surface area contributed by atoms with Gasteiger partial charge < -0.3 is 5.32 Å². The molecule has 1 aromatic carbocycles. The first-order chi connectivity index (χ1) is 8.79. The zero-order valence-corrected chi connectivity index (χ0v) is 11.7. The van der Waals surface area contributed by atoms with E-state index >= 15 is 0 Å². The van der Waals surface area contributed by atoms with E-state index in [-0.39, 0.29) is 0 Å². The van der Waals surface area contributed by atoms with Gasteiger partial charge in [0.15, 0.2) is 0 Å². The molecule has 2 aliphatic rings. The summed E-state index contributed by atoms with van der Waals surface area (Å²) >= 11 is 0. The monoisotopic (exact) mass is 243 g/mol. The van der Waals surface area contributed by atoms with Gasteiger partial charge in [-0.15, -0.1) is 0 Å². The first-order valence-corrected chi connectivity index (χ1v) is 7.56. The zero-order chi connectivity index (χ0) is 12.5. The van der Waals surface area contributed by atoms with Crippen LogP contribution in [0.2, 0.25) is 0 Å². The van der Waals surface area contributed by atoms with Gasteiger partial charge in [-0.05, 0) is 61.6 Å². The number of hydrogen-bond donors (Lipinski definition) is 1. The van der Waals surface area contributed by atoms with Gasteiger partial charge in [0.1, 0.15) is 0 Å². The van der Waals surface area contributed by atoms with Crippen LogP contribution in [0, 0.1) is 5.92 Å². The van der Waals surface area contributed by atoms with Crippen molar-refractivity contribution in [1.82, 2.24) is 5.32 Å². The van der Waals surface area contributed by atoms with Gasteiger partial charge in [0.2, 0.25) is 0 Å². The Labute approximate surface area is 111 Å². The minimum Gasteiger partial charge on any atom is -0.317 e. The van der Waals surface area contributed by atoms with Gasteiger partial charge in [-0.1, -0.05) is 37.6 Å². The third-order valence-electron chi connectivity index (χ3n) is 5.37. The predicted octanol–water partition coefficient (Wildman–Crippen LogP) is 4.06. The summed E-state index contributed by atoms with van der Waals surface area (Å²) in [5.74, 6) is 2.40. The summed E-state index contributed by atoms with van der Waals surface area (Å²) in [4.78, 5) is 0. The average Bonchev–Trinajstić information content (AvgIpc) is 2.69. The molecule has 1 heteroatoms. The highest BCUT2D eigenvalue weighted by molar-refractivity contribution is 5.30. The molecular formula is C17H25N. The fraction of sp³-hybridized carbons (Fsp3) is 0.647. The Kier molecular flexibility index (Phi) is 3.43. The standard InChI is InChI=1S/C17H25N/c1-12-16(10-11-17(12)18-2)15-8-6-14(7-9-15)13-4-3-5-13/h6-9,12-13,16-18H,3-5,10-11H2,1-2H3. The van der Waals surface area contributed by atoms with Crippen LogP contribution in [0.4, 0.5) is 0 Å². The summed E-state index contributed by atoms with van der Waals surface area (Å²) in [7, 11) is 2.10. The Morgan fingerprint density at radius 2 is 1.61 bits per heavy atom. The van der Waals surface area contributed by atoms with E-state index in [1.54, 1.807) is 11.1 Å². The van der Waals surface area contributed by atoms with Gasteiger partial charge in [0.25, 0.3) is 0 Å². The van der Waals surface area contributed by atoms with E-state index in [1.165, 1.54) is 32.1 Å². The SMILES string of the molecule is CNC1CCC(c2ccc(C3CCC3)cc2)C1C. The van der Waals surface area contributed by atoms with Crippen LogP contribution in [0.15, 0.2) is 24.3 Å². The Morgan fingerprint density at radius 3 is 2.11 bits per heavy atom. The predicted molar refractivity (Wildman–Crippen MR) is 77.0 cm³/mol. The van der Waals surface area contributed by atoms with Gasteiger partial charge in [-0.25, -0.2) is 0 Å². The van der Waals surface area contributed by atoms with E-state index in [9.17, 15) is 0 Å². The number of nitrogens with one attached hydrogen (secondary N) is 1. The molecule has 3 unspecified atom stereocenters. The molecule has 0 spiro atoms. The van der Waals surface area contributed by atoms with Crippen LogP contribution < -0.4 is 5.32 Å².